The summed E-state index contributed by atoms with van der Waals surface area (Å²) in [5.74, 6) is -1.02. The Labute approximate surface area is 186 Å². The van der Waals surface area contributed by atoms with Gasteiger partial charge in [0.2, 0.25) is 0 Å². The zero-order valence-corrected chi connectivity index (χ0v) is 17.5. The van der Waals surface area contributed by atoms with Crippen LogP contribution in [0, 0.1) is 6.92 Å². The van der Waals surface area contributed by atoms with Crippen LogP contribution < -0.4 is 11.1 Å². The van der Waals surface area contributed by atoms with Gasteiger partial charge in [-0.3, -0.25) is 9.59 Å². The average molecular weight is 452 g/mol. The first-order chi connectivity index (χ1) is 15.6. The molecule has 0 fully saturated rings. The van der Waals surface area contributed by atoms with Gasteiger partial charge in [-0.2, -0.15) is 13.2 Å². The van der Waals surface area contributed by atoms with Gasteiger partial charge in [-0.1, -0.05) is 29.8 Å². The van der Waals surface area contributed by atoms with Crippen LogP contribution in [0.1, 0.15) is 37.4 Å². The average Bonchev–Trinajstić information content (AvgIpc) is 3.12. The standard InChI is InChI=1S/C24H19F3N4O2/c1-14-2-6-16(7-3-14)23(33)30-18-10-19-20(21(28)32)13-31(22(19)29-11-18)12-15-4-8-17(9-5-15)24(25,26)27/h2-11,13H,12H2,1H3,(H2,28,32)(H,30,33). The Hall–Kier alpha value is -4.14. The molecule has 2 amide bonds. The predicted molar refractivity (Wildman–Crippen MR) is 118 cm³/mol. The number of rotatable bonds is 5. The van der Waals surface area contributed by atoms with Crippen LogP contribution in [0.5, 0.6) is 0 Å². The molecule has 4 aromatic rings. The van der Waals surface area contributed by atoms with Gasteiger partial charge >= 0.3 is 6.18 Å². The number of carbonyl (C=O) groups excluding carboxylic acids is 2. The van der Waals surface area contributed by atoms with E-state index in [0.29, 0.717) is 27.8 Å². The van der Waals surface area contributed by atoms with Crippen LogP contribution in [-0.2, 0) is 12.7 Å². The molecule has 0 aliphatic carbocycles. The van der Waals surface area contributed by atoms with Gasteiger partial charge in [-0.15, -0.1) is 0 Å². The van der Waals surface area contributed by atoms with Gasteiger partial charge < -0.3 is 15.6 Å². The maximum absolute atomic E-state index is 12.8. The van der Waals surface area contributed by atoms with E-state index in [-0.39, 0.29) is 18.0 Å². The molecule has 0 unspecified atom stereocenters. The third-order valence-corrected chi connectivity index (χ3v) is 5.19. The van der Waals surface area contributed by atoms with E-state index in [1.165, 1.54) is 24.5 Å². The number of carbonyl (C=O) groups is 2. The number of primary amides is 1. The first-order valence-corrected chi connectivity index (χ1v) is 9.94. The quantitative estimate of drug-likeness (QED) is 0.457. The highest BCUT2D eigenvalue weighted by Crippen LogP contribution is 2.30. The zero-order chi connectivity index (χ0) is 23.8. The molecule has 3 N–H and O–H groups in total. The molecule has 0 bridgehead atoms. The maximum Gasteiger partial charge on any atom is 0.416 e. The summed E-state index contributed by atoms with van der Waals surface area (Å²) in [6.45, 7) is 2.10. The number of nitrogens with zero attached hydrogens (tertiary/aromatic N) is 2. The minimum atomic E-state index is -4.42. The van der Waals surface area contributed by atoms with Crippen molar-refractivity contribution in [3.8, 4) is 0 Å². The molecule has 33 heavy (non-hydrogen) atoms. The van der Waals surface area contributed by atoms with E-state index in [2.05, 4.69) is 10.3 Å². The number of amides is 2. The van der Waals surface area contributed by atoms with Crippen molar-refractivity contribution < 1.29 is 22.8 Å². The van der Waals surface area contributed by atoms with Gasteiger partial charge in [0.05, 0.1) is 23.0 Å². The third-order valence-electron chi connectivity index (χ3n) is 5.19. The molecule has 4 rings (SSSR count). The number of hydrogen-bond acceptors (Lipinski definition) is 3. The van der Waals surface area contributed by atoms with Crippen LogP contribution in [0.3, 0.4) is 0 Å². The Balaban J connectivity index is 1.63. The molecule has 0 atom stereocenters. The first kappa shape index (κ1) is 22.1. The SMILES string of the molecule is Cc1ccc(C(=O)Nc2cnc3c(c2)c(C(N)=O)cn3Cc2ccc(C(F)(F)F)cc2)cc1. The molecular weight excluding hydrogens is 433 g/mol. The van der Waals surface area contributed by atoms with Gasteiger partial charge in [-0.25, -0.2) is 4.98 Å². The summed E-state index contributed by atoms with van der Waals surface area (Å²) >= 11 is 0. The lowest BCUT2D eigenvalue weighted by Crippen LogP contribution is -2.12. The number of alkyl halides is 3. The van der Waals surface area contributed by atoms with Crippen LogP contribution in [0.2, 0.25) is 0 Å². The second kappa shape index (κ2) is 8.42. The fourth-order valence-corrected chi connectivity index (χ4v) is 3.46. The fraction of sp³-hybridized carbons (Fsp3) is 0.125. The summed E-state index contributed by atoms with van der Waals surface area (Å²) < 4.78 is 40.0. The van der Waals surface area contributed by atoms with Gasteiger partial charge in [-0.05, 0) is 42.8 Å². The number of nitrogens with two attached hydrogens (primary N) is 1. The zero-order valence-electron chi connectivity index (χ0n) is 17.5. The molecule has 2 aromatic heterocycles. The number of aryl methyl sites for hydroxylation is 1. The van der Waals surface area contributed by atoms with Crippen molar-refractivity contribution in [2.75, 3.05) is 5.32 Å². The molecule has 168 valence electrons. The van der Waals surface area contributed by atoms with Crippen molar-refractivity contribution in [1.29, 1.82) is 0 Å². The van der Waals surface area contributed by atoms with Gasteiger partial charge in [0.25, 0.3) is 11.8 Å². The van der Waals surface area contributed by atoms with Gasteiger partial charge in [0.15, 0.2) is 0 Å². The number of hydrogen-bond donors (Lipinski definition) is 2. The first-order valence-electron chi connectivity index (χ1n) is 9.94. The smallest absolute Gasteiger partial charge is 0.366 e. The van der Waals surface area contributed by atoms with Crippen molar-refractivity contribution in [2.45, 2.75) is 19.6 Å². The summed E-state index contributed by atoms with van der Waals surface area (Å²) in [5, 5.41) is 3.17. The summed E-state index contributed by atoms with van der Waals surface area (Å²) in [4.78, 5) is 28.9. The van der Waals surface area contributed by atoms with Crippen molar-refractivity contribution in [3.05, 3.63) is 94.8 Å². The highest BCUT2D eigenvalue weighted by Gasteiger charge is 2.30. The Morgan fingerprint density at radius 1 is 1.06 bits per heavy atom. The summed E-state index contributed by atoms with van der Waals surface area (Å²) in [6, 6.07) is 13.4. The van der Waals surface area contributed by atoms with E-state index in [1.807, 2.05) is 19.1 Å². The van der Waals surface area contributed by atoms with Crippen molar-refractivity contribution in [2.24, 2.45) is 5.73 Å². The Kier molecular flexibility index (Phi) is 5.63. The second-order valence-electron chi connectivity index (χ2n) is 7.64. The van der Waals surface area contributed by atoms with E-state index < -0.39 is 17.6 Å². The number of pyridine rings is 1. The minimum absolute atomic E-state index is 0.185. The van der Waals surface area contributed by atoms with E-state index in [4.69, 9.17) is 5.73 Å². The Morgan fingerprint density at radius 3 is 2.33 bits per heavy atom. The predicted octanol–water partition coefficient (Wildman–Crippen LogP) is 4.76. The van der Waals surface area contributed by atoms with Crippen LogP contribution in [-0.4, -0.2) is 21.4 Å². The molecular formula is C24H19F3N4O2. The fourth-order valence-electron chi connectivity index (χ4n) is 3.46. The Morgan fingerprint density at radius 2 is 1.73 bits per heavy atom. The molecule has 6 nitrogen and oxygen atoms in total. The van der Waals surface area contributed by atoms with Crippen LogP contribution >= 0.6 is 0 Å². The molecule has 0 spiro atoms. The van der Waals surface area contributed by atoms with Crippen molar-refractivity contribution in [3.63, 3.8) is 0 Å². The molecule has 2 aromatic carbocycles. The summed E-state index contributed by atoms with van der Waals surface area (Å²) in [6.07, 6.45) is -1.47. The number of aromatic nitrogens is 2. The topological polar surface area (TPSA) is 90.0 Å². The highest BCUT2D eigenvalue weighted by atomic mass is 19.4. The minimum Gasteiger partial charge on any atom is -0.366 e. The number of benzene rings is 2. The van der Waals surface area contributed by atoms with E-state index >= 15 is 0 Å². The van der Waals surface area contributed by atoms with Crippen LogP contribution in [0.15, 0.2) is 67.0 Å². The molecule has 0 saturated carbocycles. The van der Waals surface area contributed by atoms with E-state index in [9.17, 15) is 22.8 Å². The largest absolute Gasteiger partial charge is 0.416 e. The molecule has 0 aliphatic heterocycles. The molecule has 0 radical (unpaired) electrons. The van der Waals surface area contributed by atoms with Gasteiger partial charge in [0.1, 0.15) is 5.65 Å². The van der Waals surface area contributed by atoms with E-state index in [1.54, 1.807) is 22.8 Å². The number of halogens is 3. The summed E-state index contributed by atoms with van der Waals surface area (Å²) in [7, 11) is 0. The molecule has 2 heterocycles. The van der Waals surface area contributed by atoms with Gasteiger partial charge in [0, 0.05) is 23.7 Å². The molecule has 0 aliphatic rings. The van der Waals surface area contributed by atoms with Crippen LogP contribution in [0.4, 0.5) is 18.9 Å². The van der Waals surface area contributed by atoms with Crippen molar-refractivity contribution >= 4 is 28.5 Å². The maximum atomic E-state index is 12.8. The summed E-state index contributed by atoms with van der Waals surface area (Å²) in [5.41, 5.74) is 7.84. The lowest BCUT2D eigenvalue weighted by molar-refractivity contribution is -0.137. The Bertz CT molecular complexity index is 1340. The number of nitrogens with one attached hydrogen (secondary N) is 1. The molecule has 9 heteroatoms. The van der Waals surface area contributed by atoms with Crippen LogP contribution in [0.25, 0.3) is 11.0 Å². The van der Waals surface area contributed by atoms with Crippen molar-refractivity contribution in [1.82, 2.24) is 9.55 Å². The number of fused-ring (bicyclic) bond motifs is 1. The van der Waals surface area contributed by atoms with E-state index in [0.717, 1.165) is 17.7 Å². The lowest BCUT2D eigenvalue weighted by Gasteiger charge is -2.09. The monoisotopic (exact) mass is 452 g/mol. The lowest BCUT2D eigenvalue weighted by atomic mass is 10.1. The third kappa shape index (κ3) is 4.72. The highest BCUT2D eigenvalue weighted by molar-refractivity contribution is 6.08. The normalized spacial score (nSPS) is 11.5. The molecule has 0 saturated heterocycles. The second-order valence-corrected chi connectivity index (χ2v) is 7.64. The number of anilines is 1.